The number of aryl methyl sites for hydroxylation is 6. The summed E-state index contributed by atoms with van der Waals surface area (Å²) in [6, 6.07) is 12.9. The monoisotopic (exact) mass is 682 g/mol. The van der Waals surface area contributed by atoms with Gasteiger partial charge < -0.3 is 19.7 Å². The Hall–Kier alpha value is -6.84. The van der Waals surface area contributed by atoms with Crippen molar-refractivity contribution in [1.82, 2.24) is 0 Å². The third-order valence-electron chi connectivity index (χ3n) is 7.80. The van der Waals surface area contributed by atoms with E-state index in [0.29, 0.717) is 33.4 Å². The predicted molar refractivity (Wildman–Crippen MR) is 184 cm³/mol. The van der Waals surface area contributed by atoms with Gasteiger partial charge in [-0.3, -0.25) is 20.2 Å². The Labute approximate surface area is 284 Å². The van der Waals surface area contributed by atoms with Crippen LogP contribution in [0.1, 0.15) is 33.4 Å². The lowest BCUT2D eigenvalue weighted by Gasteiger charge is -2.39. The zero-order chi connectivity index (χ0) is 36.6. The van der Waals surface area contributed by atoms with Crippen molar-refractivity contribution in [2.45, 2.75) is 41.5 Å². The Morgan fingerprint density at radius 1 is 0.580 bits per heavy atom. The van der Waals surface area contributed by atoms with Gasteiger partial charge in [-0.05, 0) is 99.2 Å². The maximum atomic E-state index is 13.3. The first-order valence-electron chi connectivity index (χ1n) is 14.9. The van der Waals surface area contributed by atoms with Gasteiger partial charge in [0, 0.05) is 24.3 Å². The van der Waals surface area contributed by atoms with Gasteiger partial charge in [-0.1, -0.05) is 12.1 Å². The summed E-state index contributed by atoms with van der Waals surface area (Å²) in [5.41, 5.74) is 3.25. The van der Waals surface area contributed by atoms with Crippen LogP contribution < -0.4 is 19.3 Å². The fourth-order valence-corrected chi connectivity index (χ4v) is 5.30. The van der Waals surface area contributed by atoms with E-state index in [1.54, 1.807) is 53.7 Å². The number of amides is 4. The minimum absolute atomic E-state index is 0.128. The molecule has 2 N–H and O–H groups in total. The first kappa shape index (κ1) is 34.5. The van der Waals surface area contributed by atoms with Crippen molar-refractivity contribution in [2.24, 2.45) is 9.98 Å². The number of rotatable bonds is 8. The van der Waals surface area contributed by atoms with Crippen molar-refractivity contribution in [3.63, 3.8) is 0 Å². The second kappa shape index (κ2) is 13.3. The fourth-order valence-electron chi connectivity index (χ4n) is 5.30. The Bertz CT molecular complexity index is 1970. The molecule has 4 amide bonds. The Kier molecular flexibility index (Phi) is 9.21. The first-order chi connectivity index (χ1) is 23.5. The number of imide groups is 2. The molecule has 1 aliphatic heterocycles. The molecule has 1 aliphatic rings. The highest BCUT2D eigenvalue weighted by Crippen LogP contribution is 2.36. The van der Waals surface area contributed by atoms with E-state index in [1.165, 1.54) is 48.5 Å². The number of nitro groups is 2. The van der Waals surface area contributed by atoms with Crippen LogP contribution in [-0.2, 0) is 0 Å². The molecule has 0 spiro atoms. The van der Waals surface area contributed by atoms with Gasteiger partial charge in [-0.25, -0.2) is 19.4 Å². The SMILES string of the molecule is Cc1ccc(N2C(=O)N(c3ccc(C)c(N=C(O)Oc4c(C)cc([N+](=O)[O-])cc4C)c3)C2=O)cc1N=C(O)Oc1c(C)cc([N+](=O)[O-])cc1C. The van der Waals surface area contributed by atoms with Gasteiger partial charge in [0.15, 0.2) is 0 Å². The molecule has 256 valence electrons. The molecular formula is C34H30N6O10. The normalized spacial score (nSPS) is 13.3. The highest BCUT2D eigenvalue weighted by molar-refractivity contribution is 6.41. The number of hydrogen-bond acceptors (Lipinski definition) is 10. The van der Waals surface area contributed by atoms with Crippen molar-refractivity contribution >= 4 is 58.4 Å². The van der Waals surface area contributed by atoms with Crippen molar-refractivity contribution in [1.29, 1.82) is 0 Å². The van der Waals surface area contributed by atoms with Crippen molar-refractivity contribution in [3.05, 3.63) is 114 Å². The minimum atomic E-state index is -0.757. The summed E-state index contributed by atoms with van der Waals surface area (Å²) in [5.74, 6) is 0.375. The van der Waals surface area contributed by atoms with Crippen LogP contribution in [0.25, 0.3) is 0 Å². The van der Waals surface area contributed by atoms with Crippen LogP contribution in [0.5, 0.6) is 11.5 Å². The van der Waals surface area contributed by atoms with E-state index in [1.807, 2.05) is 0 Å². The van der Waals surface area contributed by atoms with E-state index in [4.69, 9.17) is 9.47 Å². The van der Waals surface area contributed by atoms with Gasteiger partial charge in [-0.2, -0.15) is 9.98 Å². The summed E-state index contributed by atoms with van der Waals surface area (Å²) < 4.78 is 11.0. The number of carbonyl (C=O) groups is 2. The summed E-state index contributed by atoms with van der Waals surface area (Å²) >= 11 is 0. The standard InChI is InChI=1S/C34H30N6O10/c1-17-7-9-23(15-27(17)35-31(41)49-29-19(3)11-25(39(45)46)12-20(29)4)37-33(43)38(34(37)44)24-10-8-18(2)28(16-24)36-32(42)50-30-21(5)13-26(40(47)48)14-22(30)6/h7-16H,1-6H3,(H,35,41)(H,36,42). The van der Waals surface area contributed by atoms with Crippen molar-refractivity contribution < 1.29 is 39.1 Å². The van der Waals surface area contributed by atoms with E-state index in [0.717, 1.165) is 9.80 Å². The molecule has 1 heterocycles. The molecule has 1 fully saturated rings. The van der Waals surface area contributed by atoms with E-state index in [9.17, 15) is 40.0 Å². The molecule has 16 heteroatoms. The molecule has 0 saturated carbocycles. The number of nitro benzene ring substituents is 2. The smallest absolute Gasteiger partial charge is 0.391 e. The summed E-state index contributed by atoms with van der Waals surface area (Å²) in [6.45, 7) is 9.75. The van der Waals surface area contributed by atoms with E-state index >= 15 is 0 Å². The quantitative estimate of drug-likeness (QED) is 0.0787. The Morgan fingerprint density at radius 3 is 1.20 bits per heavy atom. The van der Waals surface area contributed by atoms with Gasteiger partial charge in [0.1, 0.15) is 11.5 Å². The summed E-state index contributed by atoms with van der Waals surface area (Å²) in [4.78, 5) is 57.9. The second-order valence-corrected chi connectivity index (χ2v) is 11.5. The molecule has 0 radical (unpaired) electrons. The third kappa shape index (κ3) is 6.75. The second-order valence-electron chi connectivity index (χ2n) is 11.5. The predicted octanol–water partition coefficient (Wildman–Crippen LogP) is 8.17. The van der Waals surface area contributed by atoms with Crippen LogP contribution in [-0.4, -0.2) is 44.3 Å². The zero-order valence-corrected chi connectivity index (χ0v) is 27.6. The van der Waals surface area contributed by atoms with E-state index in [2.05, 4.69) is 9.98 Å². The van der Waals surface area contributed by atoms with E-state index < -0.39 is 34.1 Å². The van der Waals surface area contributed by atoms with Gasteiger partial charge in [0.05, 0.1) is 32.6 Å². The number of carbonyl (C=O) groups excluding carboxylic acids is 2. The molecule has 1 saturated heterocycles. The molecule has 5 rings (SSSR count). The van der Waals surface area contributed by atoms with Crippen LogP contribution in [0, 0.1) is 61.8 Å². The zero-order valence-electron chi connectivity index (χ0n) is 27.6. The van der Waals surface area contributed by atoms with Gasteiger partial charge >= 0.3 is 24.2 Å². The fraction of sp³-hybridized carbons (Fsp3) is 0.176. The largest absolute Gasteiger partial charge is 0.466 e. The number of hydrogen-bond donors (Lipinski definition) is 2. The average molecular weight is 683 g/mol. The third-order valence-corrected chi connectivity index (χ3v) is 7.80. The van der Waals surface area contributed by atoms with Gasteiger partial charge in [0.25, 0.3) is 11.4 Å². The van der Waals surface area contributed by atoms with Crippen LogP contribution in [0.4, 0.5) is 43.7 Å². The molecule has 16 nitrogen and oxygen atoms in total. The van der Waals surface area contributed by atoms with E-state index in [-0.39, 0.29) is 45.6 Å². The highest BCUT2D eigenvalue weighted by Gasteiger charge is 2.46. The molecule has 0 aliphatic carbocycles. The maximum Gasteiger partial charge on any atom is 0.391 e. The molecular weight excluding hydrogens is 652 g/mol. The number of ether oxygens (including phenoxy) is 2. The lowest BCUT2D eigenvalue weighted by atomic mass is 10.1. The minimum Gasteiger partial charge on any atom is -0.466 e. The number of nitrogens with zero attached hydrogens (tertiary/aromatic N) is 6. The molecule has 0 unspecified atom stereocenters. The first-order valence-corrected chi connectivity index (χ1v) is 14.9. The van der Waals surface area contributed by atoms with Gasteiger partial charge in [0.2, 0.25) is 0 Å². The Balaban J connectivity index is 1.35. The van der Waals surface area contributed by atoms with Crippen LogP contribution in [0.3, 0.4) is 0 Å². The number of anilines is 2. The highest BCUT2D eigenvalue weighted by atomic mass is 16.6. The number of aliphatic hydroxyl groups is 2. The molecule has 0 atom stereocenters. The van der Waals surface area contributed by atoms with Gasteiger partial charge in [-0.15, -0.1) is 0 Å². The number of non-ortho nitro benzene ring substituents is 2. The van der Waals surface area contributed by atoms with Crippen LogP contribution in [0.2, 0.25) is 0 Å². The maximum absolute atomic E-state index is 13.3. The molecule has 4 aromatic rings. The summed E-state index contributed by atoms with van der Waals surface area (Å²) in [5, 5.41) is 43.4. The summed E-state index contributed by atoms with van der Waals surface area (Å²) in [7, 11) is 0. The lowest BCUT2D eigenvalue weighted by Crippen LogP contribution is -2.64. The number of benzene rings is 4. The Morgan fingerprint density at radius 2 is 0.900 bits per heavy atom. The van der Waals surface area contributed by atoms with Crippen LogP contribution >= 0.6 is 0 Å². The number of aliphatic hydroxyl groups excluding tert-OH is 2. The summed E-state index contributed by atoms with van der Waals surface area (Å²) in [6.07, 6.45) is -1.51. The topological polar surface area (TPSA) is 211 Å². The molecule has 50 heavy (non-hydrogen) atoms. The number of urea groups is 2. The lowest BCUT2D eigenvalue weighted by molar-refractivity contribution is -0.385. The average Bonchev–Trinajstić information content (AvgIpc) is 3.03. The number of aliphatic imine (C=N–C) groups is 2. The van der Waals surface area contributed by atoms with Crippen molar-refractivity contribution in [3.8, 4) is 11.5 Å². The van der Waals surface area contributed by atoms with Crippen molar-refractivity contribution in [2.75, 3.05) is 9.80 Å². The molecule has 0 bridgehead atoms. The molecule has 4 aromatic carbocycles. The van der Waals surface area contributed by atoms with Crippen LogP contribution in [0.15, 0.2) is 70.6 Å². The molecule has 0 aromatic heterocycles.